The summed E-state index contributed by atoms with van der Waals surface area (Å²) in [5.74, 6) is 0.559. The fourth-order valence-corrected chi connectivity index (χ4v) is 2.25. The first-order valence-corrected chi connectivity index (χ1v) is 7.17. The molecule has 2 nitrogen and oxygen atoms in total. The summed E-state index contributed by atoms with van der Waals surface area (Å²) < 4.78 is 5.69. The molecule has 0 fully saturated rings. The van der Waals surface area contributed by atoms with E-state index in [4.69, 9.17) is 27.9 Å². The molecule has 108 valence electrons. The molecule has 2 aromatic rings. The molecule has 0 saturated heterocycles. The molecule has 0 aliphatic rings. The van der Waals surface area contributed by atoms with Crippen molar-refractivity contribution in [3.8, 4) is 5.75 Å². The summed E-state index contributed by atoms with van der Waals surface area (Å²) in [5, 5.41) is 0.996. The van der Waals surface area contributed by atoms with Crippen molar-refractivity contribution in [3.05, 3.63) is 70.2 Å². The van der Waals surface area contributed by atoms with E-state index in [-0.39, 0.29) is 0 Å². The van der Waals surface area contributed by atoms with Crippen molar-refractivity contribution in [2.75, 3.05) is 6.61 Å². The molecule has 21 heavy (non-hydrogen) atoms. The lowest BCUT2D eigenvalue weighted by Crippen LogP contribution is -2.01. The molecule has 0 aliphatic heterocycles. The first kappa shape index (κ1) is 15.6. The van der Waals surface area contributed by atoms with Gasteiger partial charge in [0.25, 0.3) is 0 Å². The summed E-state index contributed by atoms with van der Waals surface area (Å²) in [4.78, 5) is 4.40. The highest BCUT2D eigenvalue weighted by atomic mass is 35.5. The quantitative estimate of drug-likeness (QED) is 0.511. The minimum atomic E-state index is 0.396. The van der Waals surface area contributed by atoms with Gasteiger partial charge < -0.3 is 4.74 Å². The van der Waals surface area contributed by atoms with Crippen LogP contribution in [0.4, 0.5) is 5.69 Å². The van der Waals surface area contributed by atoms with Crippen LogP contribution in [0.15, 0.2) is 59.6 Å². The summed E-state index contributed by atoms with van der Waals surface area (Å²) >= 11 is 12.2. The summed E-state index contributed by atoms with van der Waals surface area (Å²) in [6.45, 7) is 6.10. The molecule has 0 heterocycles. The fraction of sp³-hybridized carbons (Fsp3) is 0.118. The van der Waals surface area contributed by atoms with Crippen LogP contribution in [-0.2, 0) is 0 Å². The molecule has 0 aliphatic carbocycles. The van der Waals surface area contributed by atoms with Crippen molar-refractivity contribution in [1.82, 2.24) is 0 Å². The maximum Gasteiger partial charge on any atom is 0.147 e. The van der Waals surface area contributed by atoms with E-state index < -0.39 is 0 Å². The molecule has 0 spiro atoms. The maximum absolute atomic E-state index is 6.20. The van der Waals surface area contributed by atoms with E-state index in [0.717, 1.165) is 16.8 Å². The number of para-hydroxylation sites is 1. The van der Waals surface area contributed by atoms with Crippen LogP contribution in [-0.4, -0.2) is 12.8 Å². The number of nitrogens with zero attached hydrogens (tertiary/aromatic N) is 1. The van der Waals surface area contributed by atoms with Gasteiger partial charge in [0, 0.05) is 16.8 Å². The van der Waals surface area contributed by atoms with Gasteiger partial charge >= 0.3 is 0 Å². The van der Waals surface area contributed by atoms with E-state index in [1.807, 2.05) is 37.3 Å². The molecule has 0 amide bonds. The van der Waals surface area contributed by atoms with E-state index in [2.05, 4.69) is 11.6 Å². The summed E-state index contributed by atoms with van der Waals surface area (Å²) in [5.41, 5.74) is 2.49. The van der Waals surface area contributed by atoms with Crippen molar-refractivity contribution in [2.24, 2.45) is 4.99 Å². The number of hydrogen-bond donors (Lipinski definition) is 0. The van der Waals surface area contributed by atoms with Gasteiger partial charge in [-0.2, -0.15) is 0 Å². The van der Waals surface area contributed by atoms with Gasteiger partial charge in [-0.25, -0.2) is 0 Å². The van der Waals surface area contributed by atoms with Gasteiger partial charge in [-0.15, -0.1) is 0 Å². The number of benzene rings is 2. The Morgan fingerprint density at radius 2 is 1.95 bits per heavy atom. The van der Waals surface area contributed by atoms with Gasteiger partial charge in [0.2, 0.25) is 0 Å². The third-order valence-electron chi connectivity index (χ3n) is 2.61. The van der Waals surface area contributed by atoms with Crippen LogP contribution in [0.5, 0.6) is 5.75 Å². The largest absolute Gasteiger partial charge is 0.487 e. The van der Waals surface area contributed by atoms with Crippen LogP contribution in [0.2, 0.25) is 10.0 Å². The van der Waals surface area contributed by atoms with Crippen molar-refractivity contribution >= 4 is 35.1 Å². The van der Waals surface area contributed by atoms with Crippen LogP contribution < -0.4 is 4.74 Å². The second kappa shape index (κ2) is 7.30. The highest BCUT2D eigenvalue weighted by Crippen LogP contribution is 2.32. The van der Waals surface area contributed by atoms with E-state index >= 15 is 0 Å². The van der Waals surface area contributed by atoms with Crippen LogP contribution in [0.3, 0.4) is 0 Å². The zero-order valence-electron chi connectivity index (χ0n) is 11.6. The summed E-state index contributed by atoms with van der Waals surface area (Å²) in [6, 6.07) is 13.0. The number of ether oxygens (including phenoxy) is 1. The van der Waals surface area contributed by atoms with Gasteiger partial charge in [0.15, 0.2) is 0 Å². The van der Waals surface area contributed by atoms with Crippen molar-refractivity contribution in [1.29, 1.82) is 0 Å². The second-order valence-electron chi connectivity index (χ2n) is 4.65. The Bertz CT molecular complexity index is 666. The zero-order valence-corrected chi connectivity index (χ0v) is 13.2. The van der Waals surface area contributed by atoms with Crippen LogP contribution in [0.1, 0.15) is 12.5 Å². The molecular weight excluding hydrogens is 305 g/mol. The lowest BCUT2D eigenvalue weighted by Gasteiger charge is -2.11. The molecule has 4 heteroatoms. The van der Waals surface area contributed by atoms with Crippen LogP contribution in [0.25, 0.3) is 0 Å². The SMILES string of the molecule is C=C(C)COc1c(Cl)cc(Cl)cc1C=Nc1ccccc1. The summed E-state index contributed by atoms with van der Waals surface area (Å²) in [7, 11) is 0. The molecule has 0 N–H and O–H groups in total. The number of aliphatic imine (C=N–C) groups is 1. The molecule has 2 rings (SSSR count). The first-order valence-electron chi connectivity index (χ1n) is 6.41. The van der Waals surface area contributed by atoms with Gasteiger partial charge in [-0.05, 0) is 36.8 Å². The second-order valence-corrected chi connectivity index (χ2v) is 5.49. The lowest BCUT2D eigenvalue weighted by molar-refractivity contribution is 0.352. The Labute approximate surface area is 134 Å². The minimum Gasteiger partial charge on any atom is -0.487 e. The first-order chi connectivity index (χ1) is 10.1. The van der Waals surface area contributed by atoms with Crippen LogP contribution in [0, 0.1) is 0 Å². The molecule has 0 atom stereocenters. The molecular formula is C17H15Cl2NO. The Kier molecular flexibility index (Phi) is 5.43. The third-order valence-corrected chi connectivity index (χ3v) is 3.11. The van der Waals surface area contributed by atoms with Crippen molar-refractivity contribution < 1.29 is 4.74 Å². The van der Waals surface area contributed by atoms with E-state index in [1.54, 1.807) is 18.3 Å². The third kappa shape index (κ3) is 4.62. The Balaban J connectivity index is 2.32. The highest BCUT2D eigenvalue weighted by Gasteiger charge is 2.09. The van der Waals surface area contributed by atoms with E-state index in [9.17, 15) is 0 Å². The predicted molar refractivity (Wildman–Crippen MR) is 90.5 cm³/mol. The predicted octanol–water partition coefficient (Wildman–Crippen LogP) is 5.70. The average molecular weight is 320 g/mol. The molecule has 0 unspecified atom stereocenters. The van der Waals surface area contributed by atoms with Crippen molar-refractivity contribution in [2.45, 2.75) is 6.92 Å². The van der Waals surface area contributed by atoms with E-state index in [0.29, 0.717) is 22.4 Å². The van der Waals surface area contributed by atoms with Gasteiger partial charge in [-0.3, -0.25) is 4.99 Å². The molecule has 0 radical (unpaired) electrons. The van der Waals surface area contributed by atoms with Gasteiger partial charge in [0.1, 0.15) is 12.4 Å². The fourth-order valence-electron chi connectivity index (χ4n) is 1.68. The topological polar surface area (TPSA) is 21.6 Å². The normalized spacial score (nSPS) is 10.8. The summed E-state index contributed by atoms with van der Waals surface area (Å²) in [6.07, 6.45) is 1.70. The van der Waals surface area contributed by atoms with Gasteiger partial charge in [-0.1, -0.05) is 48.0 Å². The average Bonchev–Trinajstić information content (AvgIpc) is 2.44. The van der Waals surface area contributed by atoms with E-state index in [1.165, 1.54) is 0 Å². The minimum absolute atomic E-state index is 0.396. The molecule has 2 aromatic carbocycles. The molecule has 0 bridgehead atoms. The number of hydrogen-bond acceptors (Lipinski definition) is 2. The maximum atomic E-state index is 6.20. The monoisotopic (exact) mass is 319 g/mol. The van der Waals surface area contributed by atoms with Crippen molar-refractivity contribution in [3.63, 3.8) is 0 Å². The lowest BCUT2D eigenvalue weighted by atomic mass is 10.2. The Morgan fingerprint density at radius 3 is 2.62 bits per heavy atom. The van der Waals surface area contributed by atoms with Crippen LogP contribution >= 0.6 is 23.2 Å². The molecule has 0 aromatic heterocycles. The van der Waals surface area contributed by atoms with Gasteiger partial charge in [0.05, 0.1) is 10.7 Å². The Morgan fingerprint density at radius 1 is 1.24 bits per heavy atom. The smallest absolute Gasteiger partial charge is 0.147 e. The Hall–Kier alpha value is -1.77. The molecule has 0 saturated carbocycles. The number of rotatable bonds is 5. The standard InChI is InChI=1S/C17H15Cl2NO/c1-12(2)11-21-17-13(8-14(18)9-16(17)19)10-20-15-6-4-3-5-7-15/h3-10H,1,11H2,2H3. The highest BCUT2D eigenvalue weighted by molar-refractivity contribution is 6.36. The number of halogens is 2. The zero-order chi connectivity index (χ0) is 15.2.